The predicted octanol–water partition coefficient (Wildman–Crippen LogP) is 1.97. The number of rotatable bonds is 5. The summed E-state index contributed by atoms with van der Waals surface area (Å²) in [5.74, 6) is -0.108. The van der Waals surface area contributed by atoms with Crippen molar-refractivity contribution in [2.24, 2.45) is 0 Å². The molecule has 100 valence electrons. The van der Waals surface area contributed by atoms with Crippen LogP contribution in [-0.2, 0) is 6.54 Å². The number of nitro groups is 1. The highest BCUT2D eigenvalue weighted by Gasteiger charge is 2.17. The van der Waals surface area contributed by atoms with Gasteiger partial charge in [-0.2, -0.15) is 4.68 Å². The Morgan fingerprint density at radius 3 is 2.95 bits per heavy atom. The molecule has 0 aliphatic rings. The van der Waals surface area contributed by atoms with Gasteiger partial charge in [0.1, 0.15) is 6.54 Å². The minimum Gasteiger partial charge on any atom is -0.385 e. The first-order valence-electron chi connectivity index (χ1n) is 5.97. The summed E-state index contributed by atoms with van der Waals surface area (Å²) in [7, 11) is 0. The zero-order chi connectivity index (χ0) is 13.8. The monoisotopic (exact) mass is 261 g/mol. The van der Waals surface area contributed by atoms with Crippen molar-refractivity contribution < 1.29 is 4.92 Å². The van der Waals surface area contributed by atoms with Gasteiger partial charge in [0, 0.05) is 18.4 Å². The lowest BCUT2D eigenvalue weighted by Crippen LogP contribution is -2.04. The Morgan fingerprint density at radius 1 is 1.53 bits per heavy atom. The number of pyridine rings is 1. The van der Waals surface area contributed by atoms with Gasteiger partial charge < -0.3 is 15.4 Å². The second kappa shape index (κ2) is 5.47. The van der Waals surface area contributed by atoms with E-state index in [1.807, 2.05) is 19.1 Å². The maximum Gasteiger partial charge on any atom is 0.392 e. The van der Waals surface area contributed by atoms with E-state index in [1.54, 1.807) is 19.3 Å². The first-order chi connectivity index (χ1) is 9.10. The van der Waals surface area contributed by atoms with Crippen LogP contribution >= 0.6 is 0 Å². The largest absolute Gasteiger partial charge is 0.392 e. The smallest absolute Gasteiger partial charge is 0.385 e. The van der Waals surface area contributed by atoms with Crippen LogP contribution in [0.2, 0.25) is 0 Å². The van der Waals surface area contributed by atoms with E-state index in [2.05, 4.69) is 15.4 Å². The summed E-state index contributed by atoms with van der Waals surface area (Å²) >= 11 is 0. The molecule has 0 fully saturated rings. The number of hydrogen-bond acceptors (Lipinski definition) is 5. The zero-order valence-corrected chi connectivity index (χ0v) is 10.8. The van der Waals surface area contributed by atoms with Crippen LogP contribution in [0.4, 0.5) is 11.5 Å². The lowest BCUT2D eigenvalue weighted by Gasteiger charge is -2.04. The molecule has 0 aliphatic heterocycles. The molecule has 0 aromatic carbocycles. The molecule has 1 N–H and O–H groups in total. The maximum atomic E-state index is 10.7. The van der Waals surface area contributed by atoms with E-state index in [0.717, 1.165) is 17.9 Å². The van der Waals surface area contributed by atoms with Gasteiger partial charge in [-0.05, 0) is 30.9 Å². The fraction of sp³-hybridized carbons (Fsp3) is 0.333. The molecule has 0 atom stereocenters. The van der Waals surface area contributed by atoms with Crippen LogP contribution in [0.1, 0.15) is 18.2 Å². The molecule has 0 unspecified atom stereocenters. The predicted molar refractivity (Wildman–Crippen MR) is 71.1 cm³/mol. The van der Waals surface area contributed by atoms with Crippen molar-refractivity contribution >= 4 is 11.5 Å². The molecule has 7 heteroatoms. The third-order valence-electron chi connectivity index (χ3n) is 2.61. The molecule has 2 rings (SSSR count). The summed E-state index contributed by atoms with van der Waals surface area (Å²) < 4.78 is 1.53. The second-order valence-electron chi connectivity index (χ2n) is 4.16. The van der Waals surface area contributed by atoms with E-state index in [1.165, 1.54) is 4.68 Å². The number of nitrogens with zero attached hydrogens (tertiary/aromatic N) is 4. The highest BCUT2D eigenvalue weighted by atomic mass is 16.6. The Labute approximate surface area is 110 Å². The van der Waals surface area contributed by atoms with Crippen molar-refractivity contribution in [1.82, 2.24) is 14.8 Å². The summed E-state index contributed by atoms with van der Waals surface area (Å²) in [6.07, 6.45) is 3.36. The van der Waals surface area contributed by atoms with E-state index < -0.39 is 4.92 Å². The van der Waals surface area contributed by atoms with Gasteiger partial charge in [0.25, 0.3) is 0 Å². The van der Waals surface area contributed by atoms with Gasteiger partial charge in [-0.25, -0.2) is 0 Å². The van der Waals surface area contributed by atoms with Gasteiger partial charge in [0.15, 0.2) is 0 Å². The topological polar surface area (TPSA) is 85.9 Å². The van der Waals surface area contributed by atoms with Crippen LogP contribution in [-0.4, -0.2) is 26.2 Å². The number of aromatic nitrogens is 3. The first kappa shape index (κ1) is 13.0. The molecule has 0 radical (unpaired) electrons. The number of nitrogens with one attached hydrogen (secondary N) is 1. The number of anilines is 1. The Kier molecular flexibility index (Phi) is 3.74. The van der Waals surface area contributed by atoms with Crippen molar-refractivity contribution in [3.8, 4) is 0 Å². The SMILES string of the molecule is CCNc1ccnc(Cn2cc(C)c([N+](=O)[O-])n2)c1. The Hall–Kier alpha value is -2.44. The van der Waals surface area contributed by atoms with Crippen LogP contribution in [0.15, 0.2) is 24.5 Å². The third-order valence-corrected chi connectivity index (χ3v) is 2.61. The number of aryl methyl sites for hydroxylation is 1. The summed E-state index contributed by atoms with van der Waals surface area (Å²) in [6, 6.07) is 3.79. The van der Waals surface area contributed by atoms with E-state index >= 15 is 0 Å². The van der Waals surface area contributed by atoms with Crippen LogP contribution in [0, 0.1) is 17.0 Å². The van der Waals surface area contributed by atoms with Crippen molar-refractivity contribution in [1.29, 1.82) is 0 Å². The molecule has 19 heavy (non-hydrogen) atoms. The molecular weight excluding hydrogens is 246 g/mol. The molecule has 2 heterocycles. The van der Waals surface area contributed by atoms with Crippen molar-refractivity contribution in [3.63, 3.8) is 0 Å². The molecule has 0 amide bonds. The minimum atomic E-state index is -0.478. The van der Waals surface area contributed by atoms with Gasteiger partial charge in [-0.1, -0.05) is 0 Å². The average Bonchev–Trinajstić information content (AvgIpc) is 2.71. The van der Waals surface area contributed by atoms with Crippen LogP contribution in [0.3, 0.4) is 0 Å². The summed E-state index contributed by atoms with van der Waals surface area (Å²) in [5, 5.41) is 17.9. The highest BCUT2D eigenvalue weighted by Crippen LogP contribution is 2.15. The van der Waals surface area contributed by atoms with Gasteiger partial charge in [-0.15, -0.1) is 0 Å². The summed E-state index contributed by atoms with van der Waals surface area (Å²) in [6.45, 7) is 4.92. The van der Waals surface area contributed by atoms with Gasteiger partial charge in [0.2, 0.25) is 0 Å². The quantitative estimate of drug-likeness (QED) is 0.657. The maximum absolute atomic E-state index is 10.7. The lowest BCUT2D eigenvalue weighted by atomic mass is 10.3. The fourth-order valence-corrected chi connectivity index (χ4v) is 1.82. The minimum absolute atomic E-state index is 0.108. The fourth-order valence-electron chi connectivity index (χ4n) is 1.82. The van der Waals surface area contributed by atoms with Crippen molar-refractivity contribution in [3.05, 3.63) is 45.9 Å². The van der Waals surface area contributed by atoms with Crippen LogP contribution in [0.5, 0.6) is 0 Å². The standard InChI is InChI=1S/C12H15N5O2/c1-3-13-10-4-5-14-11(6-10)8-16-7-9(2)12(15-16)17(18)19/h4-7H,3,8H2,1-2H3,(H,13,14). The van der Waals surface area contributed by atoms with Gasteiger partial charge in [0.05, 0.1) is 22.6 Å². The summed E-state index contributed by atoms with van der Waals surface area (Å²) in [4.78, 5) is 14.5. The van der Waals surface area contributed by atoms with Gasteiger partial charge >= 0.3 is 5.82 Å². The lowest BCUT2D eigenvalue weighted by molar-refractivity contribution is -0.390. The average molecular weight is 261 g/mol. The molecule has 2 aromatic rings. The third kappa shape index (κ3) is 3.06. The number of hydrogen-bond donors (Lipinski definition) is 1. The van der Waals surface area contributed by atoms with Crippen molar-refractivity contribution in [2.45, 2.75) is 20.4 Å². The molecular formula is C12H15N5O2. The molecule has 0 saturated carbocycles. The van der Waals surface area contributed by atoms with Gasteiger partial charge in [-0.3, -0.25) is 4.98 Å². The second-order valence-corrected chi connectivity index (χ2v) is 4.16. The molecule has 2 aromatic heterocycles. The Balaban J connectivity index is 2.19. The van der Waals surface area contributed by atoms with Crippen LogP contribution in [0.25, 0.3) is 0 Å². The van der Waals surface area contributed by atoms with E-state index in [-0.39, 0.29) is 5.82 Å². The van der Waals surface area contributed by atoms with Crippen LogP contribution < -0.4 is 5.32 Å². The molecule has 0 bridgehead atoms. The summed E-state index contributed by atoms with van der Waals surface area (Å²) in [5.41, 5.74) is 2.33. The van der Waals surface area contributed by atoms with E-state index in [9.17, 15) is 10.1 Å². The molecule has 0 saturated heterocycles. The Morgan fingerprint density at radius 2 is 2.32 bits per heavy atom. The molecule has 0 aliphatic carbocycles. The Bertz CT molecular complexity index is 594. The van der Waals surface area contributed by atoms with E-state index in [4.69, 9.17) is 0 Å². The van der Waals surface area contributed by atoms with Crippen molar-refractivity contribution in [2.75, 3.05) is 11.9 Å². The molecule has 7 nitrogen and oxygen atoms in total. The normalized spacial score (nSPS) is 10.4. The zero-order valence-electron chi connectivity index (χ0n) is 10.8. The van der Waals surface area contributed by atoms with E-state index in [0.29, 0.717) is 12.1 Å². The first-order valence-corrected chi connectivity index (χ1v) is 5.97. The highest BCUT2D eigenvalue weighted by molar-refractivity contribution is 5.43. The molecule has 0 spiro atoms.